The number of fused-ring (bicyclic) bond motifs is 1. The predicted molar refractivity (Wildman–Crippen MR) is 103 cm³/mol. The molecular weight excluding hydrogens is 352 g/mol. The lowest BCUT2D eigenvalue weighted by Gasteiger charge is -2.32. The lowest BCUT2D eigenvalue weighted by atomic mass is 9.68. The van der Waals surface area contributed by atoms with Crippen LogP contribution in [0.25, 0.3) is 0 Å². The molecular formula is C22H18N4O2. The Morgan fingerprint density at radius 2 is 1.07 bits per heavy atom. The van der Waals surface area contributed by atoms with E-state index in [2.05, 4.69) is 22.3 Å². The molecule has 5 rings (SSSR count). The van der Waals surface area contributed by atoms with Crippen molar-refractivity contribution in [1.82, 2.24) is 14.9 Å². The Morgan fingerprint density at radius 1 is 0.643 bits per heavy atom. The van der Waals surface area contributed by atoms with Crippen LogP contribution in [0.15, 0.2) is 85.5 Å². The Hall–Kier alpha value is -3.54. The number of amides is 2. The van der Waals surface area contributed by atoms with Gasteiger partial charge in [-0.05, 0) is 11.1 Å². The number of aromatic nitrogens is 3. The molecule has 0 spiro atoms. The molecule has 2 amide bonds. The number of hydrogen-bond acceptors (Lipinski definition) is 4. The molecule has 28 heavy (non-hydrogen) atoms. The van der Waals surface area contributed by atoms with E-state index in [9.17, 15) is 9.59 Å². The molecule has 2 aromatic carbocycles. The van der Waals surface area contributed by atoms with Gasteiger partial charge in [-0.15, -0.1) is 10.2 Å². The first-order valence-electron chi connectivity index (χ1n) is 9.26. The summed E-state index contributed by atoms with van der Waals surface area (Å²) in [5.74, 6) is -1.66. The van der Waals surface area contributed by atoms with Gasteiger partial charge in [0.05, 0.1) is 11.8 Å². The minimum absolute atomic E-state index is 0.149. The van der Waals surface area contributed by atoms with Crippen LogP contribution in [-0.4, -0.2) is 26.7 Å². The summed E-state index contributed by atoms with van der Waals surface area (Å²) in [7, 11) is 0. The van der Waals surface area contributed by atoms with Gasteiger partial charge in [0.2, 0.25) is 0 Å². The van der Waals surface area contributed by atoms with E-state index in [0.717, 1.165) is 11.1 Å². The van der Waals surface area contributed by atoms with Crippen LogP contribution < -0.4 is 5.01 Å². The van der Waals surface area contributed by atoms with Gasteiger partial charge in [-0.25, -0.2) is 4.68 Å². The molecule has 2 heterocycles. The Balaban J connectivity index is 1.64. The summed E-state index contributed by atoms with van der Waals surface area (Å²) < 4.78 is 1.38. The Morgan fingerprint density at radius 3 is 1.50 bits per heavy atom. The van der Waals surface area contributed by atoms with Crippen LogP contribution in [0.1, 0.15) is 23.0 Å². The van der Waals surface area contributed by atoms with Crippen molar-refractivity contribution in [3.63, 3.8) is 0 Å². The van der Waals surface area contributed by atoms with E-state index in [1.54, 1.807) is 0 Å². The third-order valence-electron chi connectivity index (χ3n) is 5.68. The van der Waals surface area contributed by atoms with Crippen LogP contribution in [0.3, 0.4) is 0 Å². The average Bonchev–Trinajstić information content (AvgIpc) is 3.36. The van der Waals surface area contributed by atoms with Crippen molar-refractivity contribution in [2.75, 3.05) is 5.01 Å². The molecule has 2 aliphatic rings. The van der Waals surface area contributed by atoms with Crippen LogP contribution in [0, 0.1) is 11.8 Å². The van der Waals surface area contributed by atoms with E-state index in [4.69, 9.17) is 0 Å². The van der Waals surface area contributed by atoms with Crippen LogP contribution in [-0.2, 0) is 9.59 Å². The highest BCUT2D eigenvalue weighted by Crippen LogP contribution is 2.48. The molecule has 138 valence electrons. The van der Waals surface area contributed by atoms with Gasteiger partial charge in [0.25, 0.3) is 11.8 Å². The zero-order chi connectivity index (χ0) is 19.1. The molecule has 1 aliphatic carbocycles. The fourth-order valence-electron chi connectivity index (χ4n) is 4.44. The van der Waals surface area contributed by atoms with E-state index in [0.29, 0.717) is 0 Å². The Labute approximate surface area is 162 Å². The van der Waals surface area contributed by atoms with Gasteiger partial charge in [0.15, 0.2) is 0 Å². The highest BCUT2D eigenvalue weighted by atomic mass is 16.2. The maximum Gasteiger partial charge on any atom is 0.253 e. The normalized spacial score (nSPS) is 26.5. The number of imide groups is 1. The highest BCUT2D eigenvalue weighted by Gasteiger charge is 2.55. The van der Waals surface area contributed by atoms with Crippen molar-refractivity contribution in [3.05, 3.63) is 96.6 Å². The largest absolute Gasteiger partial charge is 0.272 e. The summed E-state index contributed by atoms with van der Waals surface area (Å²) in [4.78, 5) is 26.8. The smallest absolute Gasteiger partial charge is 0.253 e. The lowest BCUT2D eigenvalue weighted by molar-refractivity contribution is -0.124. The van der Waals surface area contributed by atoms with E-state index < -0.39 is 11.8 Å². The summed E-state index contributed by atoms with van der Waals surface area (Å²) >= 11 is 0. The van der Waals surface area contributed by atoms with Gasteiger partial charge in [-0.3, -0.25) is 9.59 Å². The molecule has 0 unspecified atom stereocenters. The first-order valence-corrected chi connectivity index (χ1v) is 9.26. The molecule has 1 saturated heterocycles. The van der Waals surface area contributed by atoms with E-state index >= 15 is 0 Å². The number of rotatable bonds is 3. The van der Waals surface area contributed by atoms with Crippen molar-refractivity contribution in [3.8, 4) is 0 Å². The Bertz CT molecular complexity index is 963. The SMILES string of the molecule is O=C1[C@@H]2[C@H](C(=O)N1n1cnnc1)[C@H](c1ccccc1)C=C[C@H]2c1ccccc1. The third-order valence-corrected chi connectivity index (χ3v) is 5.68. The van der Waals surface area contributed by atoms with E-state index in [-0.39, 0.29) is 23.7 Å². The van der Waals surface area contributed by atoms with Gasteiger partial charge in [-0.2, -0.15) is 5.01 Å². The second-order valence-corrected chi connectivity index (χ2v) is 7.14. The summed E-state index contributed by atoms with van der Waals surface area (Å²) in [5, 5.41) is 8.71. The number of nitrogens with zero attached hydrogens (tertiary/aromatic N) is 4. The van der Waals surface area contributed by atoms with Crippen LogP contribution >= 0.6 is 0 Å². The zero-order valence-electron chi connectivity index (χ0n) is 15.0. The van der Waals surface area contributed by atoms with Gasteiger partial charge < -0.3 is 0 Å². The predicted octanol–water partition coefficient (Wildman–Crippen LogP) is 2.65. The van der Waals surface area contributed by atoms with Gasteiger partial charge in [-0.1, -0.05) is 72.8 Å². The average molecular weight is 370 g/mol. The van der Waals surface area contributed by atoms with Crippen molar-refractivity contribution in [2.24, 2.45) is 11.8 Å². The molecule has 6 nitrogen and oxygen atoms in total. The topological polar surface area (TPSA) is 68.1 Å². The number of carbonyl (C=O) groups is 2. The third kappa shape index (κ3) is 2.49. The number of carbonyl (C=O) groups excluding carboxylic acids is 2. The summed E-state index contributed by atoms with van der Waals surface area (Å²) in [6.07, 6.45) is 6.93. The van der Waals surface area contributed by atoms with Gasteiger partial charge in [0.1, 0.15) is 12.7 Å². The molecule has 6 heteroatoms. The van der Waals surface area contributed by atoms with Crippen LogP contribution in [0.2, 0.25) is 0 Å². The summed E-state index contributed by atoms with van der Waals surface area (Å²) in [6.45, 7) is 0. The van der Waals surface area contributed by atoms with E-state index in [1.807, 2.05) is 60.7 Å². The maximum absolute atomic E-state index is 13.4. The number of hydrogen-bond donors (Lipinski definition) is 0. The fraction of sp³-hybridized carbons (Fsp3) is 0.182. The molecule has 3 aromatic rings. The minimum atomic E-state index is -0.465. The standard InChI is InChI=1S/C22H18N4O2/c27-21-19-17(15-7-3-1-4-8-15)11-12-18(16-9-5-2-6-10-16)20(19)22(28)26(21)25-13-23-24-14-25/h1-14,17-20H/t17-,18-,19-,20+/m0/s1. The molecule has 0 bridgehead atoms. The first-order chi connectivity index (χ1) is 13.8. The quantitative estimate of drug-likeness (QED) is 0.525. The summed E-state index contributed by atoms with van der Waals surface area (Å²) in [5.41, 5.74) is 2.07. The molecule has 0 N–H and O–H groups in total. The second-order valence-electron chi connectivity index (χ2n) is 7.14. The zero-order valence-corrected chi connectivity index (χ0v) is 15.0. The fourth-order valence-corrected chi connectivity index (χ4v) is 4.44. The van der Waals surface area contributed by atoms with Gasteiger partial charge >= 0.3 is 0 Å². The van der Waals surface area contributed by atoms with Gasteiger partial charge in [0, 0.05) is 11.8 Å². The van der Waals surface area contributed by atoms with Crippen LogP contribution in [0.4, 0.5) is 0 Å². The highest BCUT2D eigenvalue weighted by molar-refractivity contribution is 6.17. The Kier molecular flexibility index (Phi) is 3.90. The molecule has 4 atom stereocenters. The summed E-state index contributed by atoms with van der Waals surface area (Å²) in [6, 6.07) is 19.8. The second kappa shape index (κ2) is 6.56. The minimum Gasteiger partial charge on any atom is -0.272 e. The molecule has 0 radical (unpaired) electrons. The van der Waals surface area contributed by atoms with E-state index in [1.165, 1.54) is 22.3 Å². The molecule has 1 fully saturated rings. The number of benzene rings is 2. The van der Waals surface area contributed by atoms with Crippen molar-refractivity contribution >= 4 is 11.8 Å². The van der Waals surface area contributed by atoms with Crippen molar-refractivity contribution < 1.29 is 9.59 Å². The molecule has 0 saturated carbocycles. The first kappa shape index (κ1) is 16.6. The molecule has 1 aliphatic heterocycles. The monoisotopic (exact) mass is 370 g/mol. The van der Waals surface area contributed by atoms with Crippen molar-refractivity contribution in [2.45, 2.75) is 11.8 Å². The van der Waals surface area contributed by atoms with Crippen LogP contribution in [0.5, 0.6) is 0 Å². The lowest BCUT2D eigenvalue weighted by Crippen LogP contribution is -2.40. The number of allylic oxidation sites excluding steroid dienone is 2. The molecule has 1 aromatic heterocycles. The van der Waals surface area contributed by atoms with Crippen molar-refractivity contribution in [1.29, 1.82) is 0 Å². The maximum atomic E-state index is 13.4.